The van der Waals surface area contributed by atoms with Crippen molar-refractivity contribution in [2.45, 2.75) is 48.6 Å². The van der Waals surface area contributed by atoms with E-state index < -0.39 is 0 Å². The van der Waals surface area contributed by atoms with Gasteiger partial charge in [0.1, 0.15) is 5.82 Å². The molecule has 1 heterocycles. The molecule has 1 aliphatic carbocycles. The van der Waals surface area contributed by atoms with E-state index in [9.17, 15) is 9.90 Å². The Kier molecular flexibility index (Phi) is 4.06. The Morgan fingerprint density at radius 2 is 2.18 bits per heavy atom. The standard InChI is InChI=1S/C11H17N3O2S/c12-9-6-10(16)14-11(13-9)17-8-5-3-1-2-4-7(8)15/h6-8,15H,1-5H2,(H3,12,13,14,16). The maximum Gasteiger partial charge on any atom is 0.253 e. The van der Waals surface area contributed by atoms with Crippen molar-refractivity contribution in [3.63, 3.8) is 0 Å². The minimum absolute atomic E-state index is 0.0995. The van der Waals surface area contributed by atoms with Crippen LogP contribution in [-0.4, -0.2) is 26.4 Å². The van der Waals surface area contributed by atoms with Gasteiger partial charge in [-0.2, -0.15) is 0 Å². The van der Waals surface area contributed by atoms with Crippen LogP contribution in [0.1, 0.15) is 32.1 Å². The maximum absolute atomic E-state index is 11.3. The molecule has 1 fully saturated rings. The van der Waals surface area contributed by atoms with Gasteiger partial charge < -0.3 is 15.8 Å². The molecule has 94 valence electrons. The highest BCUT2D eigenvalue weighted by Crippen LogP contribution is 2.31. The van der Waals surface area contributed by atoms with E-state index in [0.717, 1.165) is 32.1 Å². The van der Waals surface area contributed by atoms with Gasteiger partial charge in [-0.05, 0) is 12.8 Å². The first-order valence-electron chi connectivity index (χ1n) is 5.87. The van der Waals surface area contributed by atoms with Crippen molar-refractivity contribution in [1.29, 1.82) is 0 Å². The number of aliphatic hydroxyl groups excluding tert-OH is 1. The Labute approximate surface area is 104 Å². The van der Waals surface area contributed by atoms with Gasteiger partial charge in [-0.25, -0.2) is 4.98 Å². The van der Waals surface area contributed by atoms with Crippen LogP contribution in [0.5, 0.6) is 0 Å². The molecule has 0 amide bonds. The Morgan fingerprint density at radius 1 is 1.41 bits per heavy atom. The van der Waals surface area contributed by atoms with Crippen LogP contribution in [0.2, 0.25) is 0 Å². The largest absolute Gasteiger partial charge is 0.392 e. The van der Waals surface area contributed by atoms with Gasteiger partial charge in [0.25, 0.3) is 5.56 Å². The molecular formula is C11H17N3O2S. The Balaban J connectivity index is 2.10. The van der Waals surface area contributed by atoms with E-state index >= 15 is 0 Å². The number of anilines is 1. The number of nitrogens with zero attached hydrogens (tertiary/aromatic N) is 1. The van der Waals surface area contributed by atoms with Crippen LogP contribution in [0.25, 0.3) is 0 Å². The lowest BCUT2D eigenvalue weighted by Gasteiger charge is -2.18. The quantitative estimate of drug-likeness (QED) is 0.544. The number of thioether (sulfide) groups is 1. The van der Waals surface area contributed by atoms with E-state index in [1.807, 2.05) is 0 Å². The summed E-state index contributed by atoms with van der Waals surface area (Å²) in [5.41, 5.74) is 5.28. The second-order valence-electron chi connectivity index (χ2n) is 4.34. The number of nitrogens with two attached hydrogens (primary N) is 1. The zero-order valence-electron chi connectivity index (χ0n) is 9.56. The van der Waals surface area contributed by atoms with E-state index in [1.54, 1.807) is 0 Å². The zero-order valence-corrected chi connectivity index (χ0v) is 10.4. The molecule has 1 saturated carbocycles. The summed E-state index contributed by atoms with van der Waals surface area (Å²) in [4.78, 5) is 18.0. The van der Waals surface area contributed by atoms with Crippen LogP contribution in [0, 0.1) is 0 Å². The summed E-state index contributed by atoms with van der Waals surface area (Å²) in [5.74, 6) is 0.222. The van der Waals surface area contributed by atoms with Crippen molar-refractivity contribution in [2.24, 2.45) is 0 Å². The van der Waals surface area contributed by atoms with Gasteiger partial charge in [-0.1, -0.05) is 31.0 Å². The number of H-pyrrole nitrogens is 1. The molecule has 0 saturated heterocycles. The molecule has 6 heteroatoms. The summed E-state index contributed by atoms with van der Waals surface area (Å²) < 4.78 is 0. The predicted molar refractivity (Wildman–Crippen MR) is 68.0 cm³/mol. The summed E-state index contributed by atoms with van der Waals surface area (Å²) >= 11 is 1.42. The molecular weight excluding hydrogens is 238 g/mol. The number of aliphatic hydroxyl groups is 1. The lowest BCUT2D eigenvalue weighted by molar-refractivity contribution is 0.163. The number of aromatic nitrogens is 2. The SMILES string of the molecule is Nc1cc(=O)[nH]c(SC2CCCCCC2O)n1. The summed E-state index contributed by atoms with van der Waals surface area (Å²) in [5, 5.41) is 10.6. The fraction of sp³-hybridized carbons (Fsp3) is 0.636. The van der Waals surface area contributed by atoms with Gasteiger partial charge in [0.05, 0.1) is 6.10 Å². The molecule has 0 aromatic carbocycles. The third-order valence-electron chi connectivity index (χ3n) is 2.92. The highest BCUT2D eigenvalue weighted by Gasteiger charge is 2.23. The van der Waals surface area contributed by atoms with E-state index in [2.05, 4.69) is 9.97 Å². The highest BCUT2D eigenvalue weighted by molar-refractivity contribution is 7.99. The number of nitrogen functional groups attached to an aromatic ring is 1. The Morgan fingerprint density at radius 3 is 2.94 bits per heavy atom. The van der Waals surface area contributed by atoms with Crippen LogP contribution < -0.4 is 11.3 Å². The van der Waals surface area contributed by atoms with Crippen LogP contribution in [-0.2, 0) is 0 Å². The molecule has 1 aromatic heterocycles. The van der Waals surface area contributed by atoms with Crippen molar-refractivity contribution in [1.82, 2.24) is 9.97 Å². The van der Waals surface area contributed by atoms with Gasteiger partial charge in [0, 0.05) is 11.3 Å². The van der Waals surface area contributed by atoms with Crippen molar-refractivity contribution in [2.75, 3.05) is 5.73 Å². The lowest BCUT2D eigenvalue weighted by atomic mass is 10.1. The zero-order chi connectivity index (χ0) is 12.3. The maximum atomic E-state index is 11.3. The van der Waals surface area contributed by atoms with Crippen molar-refractivity contribution in [3.05, 3.63) is 16.4 Å². The first-order chi connectivity index (χ1) is 8.15. The minimum atomic E-state index is -0.325. The molecule has 0 aliphatic heterocycles. The third kappa shape index (κ3) is 3.47. The van der Waals surface area contributed by atoms with Gasteiger partial charge in [0.15, 0.2) is 5.16 Å². The van der Waals surface area contributed by atoms with E-state index in [4.69, 9.17) is 5.73 Å². The second kappa shape index (κ2) is 5.55. The summed E-state index contributed by atoms with van der Waals surface area (Å²) in [6.07, 6.45) is 4.79. The lowest BCUT2D eigenvalue weighted by Crippen LogP contribution is -2.22. The number of hydrogen-bond acceptors (Lipinski definition) is 5. The van der Waals surface area contributed by atoms with Gasteiger partial charge in [-0.3, -0.25) is 4.79 Å². The Bertz CT molecular complexity index is 435. The molecule has 2 rings (SSSR count). The first kappa shape index (κ1) is 12.4. The van der Waals surface area contributed by atoms with Gasteiger partial charge in [-0.15, -0.1) is 0 Å². The van der Waals surface area contributed by atoms with Crippen molar-refractivity contribution < 1.29 is 5.11 Å². The predicted octanol–water partition coefficient (Wildman–Crippen LogP) is 1.14. The first-order valence-corrected chi connectivity index (χ1v) is 6.74. The monoisotopic (exact) mass is 255 g/mol. The summed E-state index contributed by atoms with van der Waals surface area (Å²) in [6.45, 7) is 0. The van der Waals surface area contributed by atoms with E-state index in [-0.39, 0.29) is 22.7 Å². The summed E-state index contributed by atoms with van der Waals surface area (Å²) in [7, 11) is 0. The van der Waals surface area contributed by atoms with Crippen molar-refractivity contribution in [3.8, 4) is 0 Å². The van der Waals surface area contributed by atoms with E-state index in [0.29, 0.717) is 5.16 Å². The molecule has 5 nitrogen and oxygen atoms in total. The molecule has 4 N–H and O–H groups in total. The minimum Gasteiger partial charge on any atom is -0.392 e. The fourth-order valence-corrected chi connectivity index (χ4v) is 3.23. The van der Waals surface area contributed by atoms with E-state index in [1.165, 1.54) is 17.8 Å². The number of hydrogen-bond donors (Lipinski definition) is 3. The number of aromatic amines is 1. The third-order valence-corrected chi connectivity index (χ3v) is 4.19. The molecule has 17 heavy (non-hydrogen) atoms. The highest BCUT2D eigenvalue weighted by atomic mass is 32.2. The van der Waals surface area contributed by atoms with Crippen LogP contribution in [0.3, 0.4) is 0 Å². The fourth-order valence-electron chi connectivity index (χ4n) is 2.04. The molecule has 1 aliphatic rings. The van der Waals surface area contributed by atoms with Crippen LogP contribution in [0.4, 0.5) is 5.82 Å². The second-order valence-corrected chi connectivity index (χ2v) is 5.56. The smallest absolute Gasteiger partial charge is 0.253 e. The molecule has 0 bridgehead atoms. The molecule has 0 radical (unpaired) electrons. The van der Waals surface area contributed by atoms with Crippen LogP contribution >= 0.6 is 11.8 Å². The average molecular weight is 255 g/mol. The summed E-state index contributed by atoms with van der Waals surface area (Å²) in [6, 6.07) is 1.26. The molecule has 2 unspecified atom stereocenters. The van der Waals surface area contributed by atoms with Crippen molar-refractivity contribution >= 4 is 17.6 Å². The topological polar surface area (TPSA) is 92.0 Å². The van der Waals surface area contributed by atoms with Gasteiger partial charge in [0.2, 0.25) is 0 Å². The normalized spacial score (nSPS) is 25.5. The number of rotatable bonds is 2. The number of nitrogens with one attached hydrogen (secondary N) is 1. The molecule has 1 aromatic rings. The van der Waals surface area contributed by atoms with Crippen LogP contribution in [0.15, 0.2) is 16.0 Å². The Hall–Kier alpha value is -1.01. The average Bonchev–Trinajstić information content (AvgIpc) is 2.43. The molecule has 2 atom stereocenters. The van der Waals surface area contributed by atoms with Gasteiger partial charge >= 0.3 is 0 Å². The molecule has 0 spiro atoms.